The van der Waals surface area contributed by atoms with Crippen LogP contribution in [0, 0.1) is 0 Å². The van der Waals surface area contributed by atoms with Gasteiger partial charge in [0.05, 0.1) is 15.8 Å². The van der Waals surface area contributed by atoms with Gasteiger partial charge >= 0.3 is 0 Å². The Labute approximate surface area is 130 Å². The van der Waals surface area contributed by atoms with E-state index in [0.717, 1.165) is 0 Å². The molecule has 0 bridgehead atoms. The second kappa shape index (κ2) is 6.88. The SMILES string of the molecule is O=C(CSc1ccccc1O)Nc1ccc(Cl)c(Cl)c1. The minimum atomic E-state index is -0.184. The minimum absolute atomic E-state index is 0.167. The molecule has 0 heterocycles. The summed E-state index contributed by atoms with van der Waals surface area (Å²) in [6, 6.07) is 11.8. The predicted molar refractivity (Wildman–Crippen MR) is 83.9 cm³/mol. The number of amides is 1. The van der Waals surface area contributed by atoms with Gasteiger partial charge in [0.1, 0.15) is 5.75 Å². The van der Waals surface area contributed by atoms with Crippen LogP contribution in [-0.4, -0.2) is 16.8 Å². The maximum absolute atomic E-state index is 11.8. The summed E-state index contributed by atoms with van der Waals surface area (Å²) in [5.74, 6) is 0.175. The van der Waals surface area contributed by atoms with Crippen molar-refractivity contribution in [2.45, 2.75) is 4.90 Å². The van der Waals surface area contributed by atoms with Crippen LogP contribution in [0.25, 0.3) is 0 Å². The molecule has 0 radical (unpaired) electrons. The Kier molecular flexibility index (Phi) is 5.17. The molecule has 6 heteroatoms. The van der Waals surface area contributed by atoms with E-state index in [2.05, 4.69) is 5.32 Å². The molecule has 0 aliphatic heterocycles. The van der Waals surface area contributed by atoms with E-state index in [4.69, 9.17) is 23.2 Å². The number of para-hydroxylation sites is 1. The summed E-state index contributed by atoms with van der Waals surface area (Å²) in [5.41, 5.74) is 0.585. The van der Waals surface area contributed by atoms with Crippen LogP contribution in [-0.2, 0) is 4.79 Å². The minimum Gasteiger partial charge on any atom is -0.507 e. The average Bonchev–Trinajstić information content (AvgIpc) is 2.42. The molecule has 2 aromatic rings. The Morgan fingerprint density at radius 2 is 1.90 bits per heavy atom. The molecule has 0 saturated carbocycles. The van der Waals surface area contributed by atoms with Crippen molar-refractivity contribution in [1.29, 1.82) is 0 Å². The van der Waals surface area contributed by atoms with Gasteiger partial charge in [-0.15, -0.1) is 11.8 Å². The quantitative estimate of drug-likeness (QED) is 0.816. The lowest BCUT2D eigenvalue weighted by atomic mass is 10.3. The number of nitrogens with one attached hydrogen (secondary N) is 1. The zero-order valence-corrected chi connectivity index (χ0v) is 12.6. The van der Waals surface area contributed by atoms with Crippen molar-refractivity contribution >= 4 is 46.6 Å². The Morgan fingerprint density at radius 3 is 2.60 bits per heavy atom. The molecule has 0 aliphatic carbocycles. The Morgan fingerprint density at radius 1 is 1.15 bits per heavy atom. The number of hydrogen-bond acceptors (Lipinski definition) is 3. The highest BCUT2D eigenvalue weighted by Gasteiger charge is 2.07. The third-order valence-corrected chi connectivity index (χ3v) is 4.23. The number of anilines is 1. The lowest BCUT2D eigenvalue weighted by Gasteiger charge is -2.07. The van der Waals surface area contributed by atoms with E-state index < -0.39 is 0 Å². The number of hydrogen-bond donors (Lipinski definition) is 2. The number of halogens is 2. The number of aromatic hydroxyl groups is 1. The van der Waals surface area contributed by atoms with Gasteiger partial charge in [-0.1, -0.05) is 35.3 Å². The van der Waals surface area contributed by atoms with Crippen molar-refractivity contribution in [1.82, 2.24) is 0 Å². The highest BCUT2D eigenvalue weighted by atomic mass is 35.5. The van der Waals surface area contributed by atoms with Crippen LogP contribution in [0.15, 0.2) is 47.4 Å². The Balaban J connectivity index is 1.93. The fourth-order valence-electron chi connectivity index (χ4n) is 1.49. The number of phenolic OH excluding ortho intramolecular Hbond substituents is 1. The van der Waals surface area contributed by atoms with Crippen molar-refractivity contribution in [2.75, 3.05) is 11.1 Å². The molecule has 2 rings (SSSR count). The van der Waals surface area contributed by atoms with Crippen LogP contribution in [0.2, 0.25) is 10.0 Å². The molecule has 0 fully saturated rings. The van der Waals surface area contributed by atoms with E-state index in [-0.39, 0.29) is 17.4 Å². The highest BCUT2D eigenvalue weighted by Crippen LogP contribution is 2.28. The molecule has 0 aliphatic rings. The summed E-state index contributed by atoms with van der Waals surface area (Å²) < 4.78 is 0. The van der Waals surface area contributed by atoms with E-state index in [1.807, 2.05) is 0 Å². The molecular formula is C14H11Cl2NO2S. The third-order valence-electron chi connectivity index (χ3n) is 2.43. The van der Waals surface area contributed by atoms with Crippen LogP contribution < -0.4 is 5.32 Å². The van der Waals surface area contributed by atoms with Crippen molar-refractivity contribution in [2.24, 2.45) is 0 Å². The average molecular weight is 328 g/mol. The van der Waals surface area contributed by atoms with E-state index in [1.165, 1.54) is 11.8 Å². The van der Waals surface area contributed by atoms with Crippen molar-refractivity contribution < 1.29 is 9.90 Å². The topological polar surface area (TPSA) is 49.3 Å². The largest absolute Gasteiger partial charge is 0.507 e. The summed E-state index contributed by atoms with van der Waals surface area (Å²) in [5, 5.41) is 13.1. The molecular weight excluding hydrogens is 317 g/mol. The van der Waals surface area contributed by atoms with E-state index in [9.17, 15) is 9.90 Å². The van der Waals surface area contributed by atoms with Crippen LogP contribution in [0.1, 0.15) is 0 Å². The highest BCUT2D eigenvalue weighted by molar-refractivity contribution is 8.00. The molecule has 0 aromatic heterocycles. The number of thioether (sulfide) groups is 1. The van der Waals surface area contributed by atoms with Crippen molar-refractivity contribution in [3.63, 3.8) is 0 Å². The molecule has 0 saturated heterocycles. The monoisotopic (exact) mass is 327 g/mol. The van der Waals surface area contributed by atoms with E-state index in [1.54, 1.807) is 42.5 Å². The first kappa shape index (κ1) is 15.0. The fraction of sp³-hybridized carbons (Fsp3) is 0.0714. The van der Waals surface area contributed by atoms with Crippen LogP contribution in [0.5, 0.6) is 5.75 Å². The lowest BCUT2D eigenvalue weighted by Crippen LogP contribution is -2.13. The molecule has 2 N–H and O–H groups in total. The van der Waals surface area contributed by atoms with Crippen LogP contribution in [0.3, 0.4) is 0 Å². The molecule has 20 heavy (non-hydrogen) atoms. The van der Waals surface area contributed by atoms with Crippen LogP contribution >= 0.6 is 35.0 Å². The van der Waals surface area contributed by atoms with Gasteiger partial charge in [-0.05, 0) is 30.3 Å². The van der Waals surface area contributed by atoms with Gasteiger partial charge in [0.2, 0.25) is 5.91 Å². The molecule has 104 valence electrons. The number of carbonyl (C=O) groups is 1. The molecule has 0 atom stereocenters. The zero-order valence-electron chi connectivity index (χ0n) is 10.3. The van der Waals surface area contributed by atoms with Gasteiger partial charge < -0.3 is 10.4 Å². The van der Waals surface area contributed by atoms with Gasteiger partial charge in [-0.2, -0.15) is 0 Å². The first-order valence-corrected chi connectivity index (χ1v) is 7.46. The van der Waals surface area contributed by atoms with Gasteiger partial charge in [-0.25, -0.2) is 0 Å². The molecule has 2 aromatic carbocycles. The molecule has 1 amide bonds. The second-order valence-corrected chi connectivity index (χ2v) is 5.77. The maximum atomic E-state index is 11.8. The summed E-state index contributed by atoms with van der Waals surface area (Å²) in [4.78, 5) is 12.5. The van der Waals surface area contributed by atoms with Gasteiger partial charge in [0.25, 0.3) is 0 Å². The van der Waals surface area contributed by atoms with Crippen LogP contribution in [0.4, 0.5) is 5.69 Å². The van der Waals surface area contributed by atoms with Gasteiger partial charge in [0, 0.05) is 10.6 Å². The first-order chi connectivity index (χ1) is 9.56. The summed E-state index contributed by atoms with van der Waals surface area (Å²) in [6.45, 7) is 0. The van der Waals surface area contributed by atoms with E-state index in [0.29, 0.717) is 20.6 Å². The second-order valence-electron chi connectivity index (χ2n) is 3.93. The fourth-order valence-corrected chi connectivity index (χ4v) is 2.54. The lowest BCUT2D eigenvalue weighted by molar-refractivity contribution is -0.113. The predicted octanol–water partition coefficient (Wildman–Crippen LogP) is 4.43. The van der Waals surface area contributed by atoms with Crippen molar-refractivity contribution in [3.05, 3.63) is 52.5 Å². The maximum Gasteiger partial charge on any atom is 0.234 e. The summed E-state index contributed by atoms with van der Waals surface area (Å²) >= 11 is 12.9. The van der Waals surface area contributed by atoms with Gasteiger partial charge in [0.15, 0.2) is 0 Å². The standard InChI is InChI=1S/C14H11Cl2NO2S/c15-10-6-5-9(7-11(10)16)17-14(19)8-20-13-4-2-1-3-12(13)18/h1-7,18H,8H2,(H,17,19). The summed E-state index contributed by atoms with van der Waals surface area (Å²) in [6.07, 6.45) is 0. The molecule has 3 nitrogen and oxygen atoms in total. The number of carbonyl (C=O) groups excluding carboxylic acids is 1. The first-order valence-electron chi connectivity index (χ1n) is 5.72. The molecule has 0 spiro atoms. The smallest absolute Gasteiger partial charge is 0.234 e. The summed E-state index contributed by atoms with van der Waals surface area (Å²) in [7, 11) is 0. The third kappa shape index (κ3) is 4.07. The number of benzene rings is 2. The number of rotatable bonds is 4. The van der Waals surface area contributed by atoms with E-state index >= 15 is 0 Å². The Hall–Kier alpha value is -1.36. The Bertz CT molecular complexity index is 634. The number of phenols is 1. The normalized spacial score (nSPS) is 10.3. The molecule has 0 unspecified atom stereocenters. The van der Waals surface area contributed by atoms with Gasteiger partial charge in [-0.3, -0.25) is 4.79 Å². The van der Waals surface area contributed by atoms with Crippen molar-refractivity contribution in [3.8, 4) is 5.75 Å². The zero-order chi connectivity index (χ0) is 14.5.